The fraction of sp³-hybridized carbons (Fsp3) is 1.00. The van der Waals surface area contributed by atoms with Crippen LogP contribution in [0.4, 0.5) is 0 Å². The lowest BCUT2D eigenvalue weighted by atomic mass is 9.82. The van der Waals surface area contributed by atoms with Gasteiger partial charge in [0.2, 0.25) is 0 Å². The molecule has 0 amide bonds. The minimum atomic E-state index is 0.491. The van der Waals surface area contributed by atoms with Crippen molar-refractivity contribution in [2.45, 2.75) is 50.8 Å². The quantitative estimate of drug-likeness (QED) is 0.834. The minimum absolute atomic E-state index is 0.491. The van der Waals surface area contributed by atoms with Crippen LogP contribution in [0.25, 0.3) is 0 Å². The van der Waals surface area contributed by atoms with Crippen LogP contribution < -0.4 is 5.32 Å². The lowest BCUT2D eigenvalue weighted by Crippen LogP contribution is -2.50. The summed E-state index contributed by atoms with van der Waals surface area (Å²) in [6.07, 6.45) is 4.16. The highest BCUT2D eigenvalue weighted by molar-refractivity contribution is 8.00. The molecule has 0 bridgehead atoms. The van der Waals surface area contributed by atoms with Crippen molar-refractivity contribution in [3.8, 4) is 0 Å². The highest BCUT2D eigenvalue weighted by Crippen LogP contribution is 2.39. The van der Waals surface area contributed by atoms with E-state index < -0.39 is 0 Å². The molecule has 2 aliphatic heterocycles. The van der Waals surface area contributed by atoms with Gasteiger partial charge in [0, 0.05) is 23.1 Å². The van der Waals surface area contributed by atoms with Crippen molar-refractivity contribution in [1.82, 2.24) is 5.32 Å². The highest BCUT2D eigenvalue weighted by atomic mass is 32.2. The molecule has 94 valence electrons. The first-order valence-corrected chi connectivity index (χ1v) is 8.61. The van der Waals surface area contributed by atoms with Crippen LogP contribution in [0.1, 0.15) is 40.0 Å². The Morgan fingerprint density at radius 1 is 1.19 bits per heavy atom. The largest absolute Gasteiger partial charge is 0.311 e. The SMILES string of the molecule is CC1(CNC2CSCCC2(C)C)CCCS1. The van der Waals surface area contributed by atoms with Crippen molar-refractivity contribution in [2.24, 2.45) is 5.41 Å². The lowest BCUT2D eigenvalue weighted by Gasteiger charge is -2.40. The van der Waals surface area contributed by atoms with Crippen LogP contribution in [0.3, 0.4) is 0 Å². The normalized spacial score (nSPS) is 38.8. The summed E-state index contributed by atoms with van der Waals surface area (Å²) in [6.45, 7) is 8.48. The molecule has 16 heavy (non-hydrogen) atoms. The van der Waals surface area contributed by atoms with Gasteiger partial charge in [0.15, 0.2) is 0 Å². The van der Waals surface area contributed by atoms with E-state index in [0.29, 0.717) is 16.2 Å². The van der Waals surface area contributed by atoms with Crippen LogP contribution in [0.2, 0.25) is 0 Å². The summed E-state index contributed by atoms with van der Waals surface area (Å²) < 4.78 is 0.512. The van der Waals surface area contributed by atoms with Crippen molar-refractivity contribution in [1.29, 1.82) is 0 Å². The first-order valence-electron chi connectivity index (χ1n) is 6.47. The van der Waals surface area contributed by atoms with E-state index in [4.69, 9.17) is 0 Å². The third-order valence-electron chi connectivity index (χ3n) is 4.14. The Balaban J connectivity index is 1.84. The van der Waals surface area contributed by atoms with Crippen LogP contribution in [-0.4, -0.2) is 34.6 Å². The fourth-order valence-corrected chi connectivity index (χ4v) is 5.48. The van der Waals surface area contributed by atoms with Gasteiger partial charge in [0.25, 0.3) is 0 Å². The summed E-state index contributed by atoms with van der Waals surface area (Å²) in [4.78, 5) is 0. The molecule has 2 atom stereocenters. The van der Waals surface area contributed by atoms with E-state index in [-0.39, 0.29) is 0 Å². The average Bonchev–Trinajstić information content (AvgIpc) is 2.64. The maximum absolute atomic E-state index is 3.85. The molecule has 2 unspecified atom stereocenters. The molecular formula is C13H25NS2. The second-order valence-corrected chi connectivity index (χ2v) is 8.98. The Kier molecular flexibility index (Phi) is 4.19. The summed E-state index contributed by atoms with van der Waals surface area (Å²) in [7, 11) is 0. The predicted molar refractivity (Wildman–Crippen MR) is 77.6 cm³/mol. The van der Waals surface area contributed by atoms with Gasteiger partial charge in [0.05, 0.1) is 0 Å². The van der Waals surface area contributed by atoms with Crippen molar-refractivity contribution in [3.05, 3.63) is 0 Å². The van der Waals surface area contributed by atoms with Crippen molar-refractivity contribution in [2.75, 3.05) is 23.8 Å². The van der Waals surface area contributed by atoms with Gasteiger partial charge >= 0.3 is 0 Å². The fourth-order valence-electron chi connectivity index (χ4n) is 2.59. The number of hydrogen-bond donors (Lipinski definition) is 1. The van der Waals surface area contributed by atoms with Gasteiger partial charge in [-0.3, -0.25) is 0 Å². The number of thioether (sulfide) groups is 2. The molecule has 0 aromatic carbocycles. The van der Waals surface area contributed by atoms with E-state index in [0.717, 1.165) is 0 Å². The molecule has 2 saturated heterocycles. The molecule has 0 radical (unpaired) electrons. The minimum Gasteiger partial charge on any atom is -0.311 e. The average molecular weight is 259 g/mol. The Morgan fingerprint density at radius 2 is 2.00 bits per heavy atom. The Hall–Kier alpha value is 0.660. The monoisotopic (exact) mass is 259 g/mol. The first kappa shape index (κ1) is 13.1. The molecule has 2 heterocycles. The second-order valence-electron chi connectivity index (χ2n) is 6.15. The van der Waals surface area contributed by atoms with E-state index >= 15 is 0 Å². The molecule has 0 aliphatic carbocycles. The van der Waals surface area contributed by atoms with Gasteiger partial charge in [0.1, 0.15) is 0 Å². The standard InChI is InChI=1S/C13H25NS2/c1-12(2)6-8-15-9-11(12)14-10-13(3)5-4-7-16-13/h11,14H,4-10H2,1-3H3. The van der Waals surface area contributed by atoms with Crippen LogP contribution in [-0.2, 0) is 0 Å². The molecule has 1 N–H and O–H groups in total. The lowest BCUT2D eigenvalue weighted by molar-refractivity contribution is 0.241. The van der Waals surface area contributed by atoms with Gasteiger partial charge in [-0.2, -0.15) is 23.5 Å². The summed E-state index contributed by atoms with van der Waals surface area (Å²) in [5.41, 5.74) is 0.491. The van der Waals surface area contributed by atoms with Crippen LogP contribution in [0, 0.1) is 5.41 Å². The van der Waals surface area contributed by atoms with Gasteiger partial charge in [-0.25, -0.2) is 0 Å². The Labute approximate surface area is 109 Å². The number of hydrogen-bond acceptors (Lipinski definition) is 3. The maximum atomic E-state index is 3.85. The van der Waals surface area contributed by atoms with Gasteiger partial charge in [-0.15, -0.1) is 0 Å². The molecule has 1 nitrogen and oxygen atoms in total. The summed E-state index contributed by atoms with van der Waals surface area (Å²) >= 11 is 4.28. The summed E-state index contributed by atoms with van der Waals surface area (Å²) in [6, 6.07) is 0.712. The van der Waals surface area contributed by atoms with E-state index in [1.807, 2.05) is 0 Å². The molecular weight excluding hydrogens is 234 g/mol. The first-order chi connectivity index (χ1) is 7.52. The van der Waals surface area contributed by atoms with Crippen molar-refractivity contribution in [3.63, 3.8) is 0 Å². The van der Waals surface area contributed by atoms with Crippen molar-refractivity contribution >= 4 is 23.5 Å². The van der Waals surface area contributed by atoms with Crippen LogP contribution in [0.15, 0.2) is 0 Å². The van der Waals surface area contributed by atoms with Crippen molar-refractivity contribution < 1.29 is 0 Å². The number of nitrogens with one attached hydrogen (secondary N) is 1. The molecule has 0 aromatic rings. The molecule has 0 aromatic heterocycles. The zero-order valence-electron chi connectivity index (χ0n) is 10.8. The molecule has 0 spiro atoms. The third kappa shape index (κ3) is 3.11. The van der Waals surface area contributed by atoms with Gasteiger partial charge in [-0.05, 0) is 43.1 Å². The van der Waals surface area contributed by atoms with Gasteiger partial charge in [-0.1, -0.05) is 13.8 Å². The van der Waals surface area contributed by atoms with E-state index in [2.05, 4.69) is 49.6 Å². The number of rotatable bonds is 3. The molecule has 2 fully saturated rings. The Bertz CT molecular complexity index is 234. The van der Waals surface area contributed by atoms with E-state index in [9.17, 15) is 0 Å². The summed E-state index contributed by atoms with van der Waals surface area (Å²) in [5, 5.41) is 3.85. The summed E-state index contributed by atoms with van der Waals surface area (Å²) in [5.74, 6) is 4.01. The maximum Gasteiger partial charge on any atom is 0.0256 e. The smallest absolute Gasteiger partial charge is 0.0256 e. The molecule has 2 rings (SSSR count). The molecule has 2 aliphatic rings. The van der Waals surface area contributed by atoms with E-state index in [1.54, 1.807) is 0 Å². The van der Waals surface area contributed by atoms with Crippen LogP contribution in [0.5, 0.6) is 0 Å². The highest BCUT2D eigenvalue weighted by Gasteiger charge is 2.35. The topological polar surface area (TPSA) is 12.0 Å². The molecule has 0 saturated carbocycles. The van der Waals surface area contributed by atoms with E-state index in [1.165, 1.54) is 43.1 Å². The zero-order valence-corrected chi connectivity index (χ0v) is 12.5. The zero-order chi connectivity index (χ0) is 11.6. The van der Waals surface area contributed by atoms with Crippen LogP contribution >= 0.6 is 23.5 Å². The third-order valence-corrected chi connectivity index (χ3v) is 6.74. The Morgan fingerprint density at radius 3 is 2.62 bits per heavy atom. The van der Waals surface area contributed by atoms with Gasteiger partial charge < -0.3 is 5.32 Å². The molecule has 3 heteroatoms. The second kappa shape index (κ2) is 5.11. The predicted octanol–water partition coefficient (Wildman–Crippen LogP) is 3.39.